The zero-order valence-corrected chi connectivity index (χ0v) is 20.8. The first-order chi connectivity index (χ1) is 16.1. The monoisotopic (exact) mass is 468 g/mol. The molecular weight excluding hydrogens is 432 g/mol. The van der Waals surface area contributed by atoms with E-state index in [2.05, 4.69) is 31.8 Å². The van der Waals surface area contributed by atoms with Crippen molar-refractivity contribution in [3.63, 3.8) is 0 Å². The third kappa shape index (κ3) is 6.78. The summed E-state index contributed by atoms with van der Waals surface area (Å²) in [5, 5.41) is 0. The molecule has 34 heavy (non-hydrogen) atoms. The summed E-state index contributed by atoms with van der Waals surface area (Å²) >= 11 is 0. The summed E-state index contributed by atoms with van der Waals surface area (Å²) in [6.45, 7) is 7.83. The molecule has 0 saturated heterocycles. The lowest BCUT2D eigenvalue weighted by molar-refractivity contribution is -0.153. The Morgan fingerprint density at radius 1 is 1.21 bits per heavy atom. The third-order valence-electron chi connectivity index (χ3n) is 6.93. The van der Waals surface area contributed by atoms with Crippen molar-refractivity contribution in [3.05, 3.63) is 48.1 Å². The molecule has 184 valence electrons. The Morgan fingerprint density at radius 3 is 2.62 bits per heavy atom. The average Bonchev–Trinajstić information content (AvgIpc) is 3.18. The number of ketones is 1. The molecule has 5 atom stereocenters. The molecule has 0 N–H and O–H groups in total. The maximum absolute atomic E-state index is 12.9. The molecule has 1 heterocycles. The Kier molecular flexibility index (Phi) is 8.64. The van der Waals surface area contributed by atoms with Gasteiger partial charge < -0.3 is 14.0 Å². The molecule has 0 amide bonds. The van der Waals surface area contributed by atoms with Crippen molar-refractivity contribution in [1.82, 2.24) is 9.55 Å². The highest BCUT2D eigenvalue weighted by atomic mass is 16.5. The predicted octanol–water partition coefficient (Wildman–Crippen LogP) is 4.44. The van der Waals surface area contributed by atoms with E-state index in [0.717, 1.165) is 6.42 Å². The quantitative estimate of drug-likeness (QED) is 0.361. The summed E-state index contributed by atoms with van der Waals surface area (Å²) < 4.78 is 13.1. The second-order valence-corrected chi connectivity index (χ2v) is 9.83. The van der Waals surface area contributed by atoms with Crippen LogP contribution in [0.5, 0.6) is 0 Å². The number of aryl methyl sites for hydroxylation is 1. The number of hydrogen-bond acceptors (Lipinski definition) is 6. The van der Waals surface area contributed by atoms with Crippen molar-refractivity contribution in [1.29, 1.82) is 0 Å². The van der Waals surface area contributed by atoms with Crippen LogP contribution in [0.15, 0.2) is 42.4 Å². The highest BCUT2D eigenvalue weighted by Crippen LogP contribution is 2.44. The fourth-order valence-corrected chi connectivity index (χ4v) is 5.22. The van der Waals surface area contributed by atoms with Crippen molar-refractivity contribution in [2.45, 2.75) is 65.6 Å². The molecule has 7 heteroatoms. The topological polar surface area (TPSA) is 87.5 Å². The predicted molar refractivity (Wildman–Crippen MR) is 129 cm³/mol. The molecule has 0 spiro atoms. The maximum Gasteiger partial charge on any atom is 0.331 e. The Morgan fingerprint density at radius 2 is 1.97 bits per heavy atom. The van der Waals surface area contributed by atoms with E-state index in [1.165, 1.54) is 24.6 Å². The van der Waals surface area contributed by atoms with E-state index in [-0.39, 0.29) is 23.7 Å². The van der Waals surface area contributed by atoms with Crippen LogP contribution in [0.2, 0.25) is 0 Å². The van der Waals surface area contributed by atoms with Gasteiger partial charge in [-0.25, -0.2) is 9.78 Å². The Hall–Kier alpha value is -2.96. The minimum atomic E-state index is -0.784. The van der Waals surface area contributed by atoms with Gasteiger partial charge in [0.25, 0.3) is 0 Å². The van der Waals surface area contributed by atoms with E-state index in [4.69, 9.17) is 9.47 Å². The first kappa shape index (κ1) is 25.7. The summed E-state index contributed by atoms with van der Waals surface area (Å²) in [5.74, 6) is -0.0541. The molecule has 0 aromatic carbocycles. The molecule has 0 radical (unpaired) electrons. The van der Waals surface area contributed by atoms with Crippen molar-refractivity contribution in [3.8, 4) is 0 Å². The van der Waals surface area contributed by atoms with Gasteiger partial charge >= 0.3 is 11.9 Å². The van der Waals surface area contributed by atoms with E-state index in [1.54, 1.807) is 23.0 Å². The van der Waals surface area contributed by atoms with Crippen LogP contribution in [0.4, 0.5) is 0 Å². The molecule has 3 rings (SSSR count). The summed E-state index contributed by atoms with van der Waals surface area (Å²) in [6.07, 6.45) is 13.3. The normalized spacial score (nSPS) is 28.8. The van der Waals surface area contributed by atoms with E-state index in [9.17, 15) is 14.4 Å². The zero-order chi connectivity index (χ0) is 24.8. The second kappa shape index (κ2) is 11.4. The average molecular weight is 469 g/mol. The number of ether oxygens (including phenoxy) is 2. The van der Waals surface area contributed by atoms with E-state index in [1.807, 2.05) is 13.2 Å². The van der Waals surface area contributed by atoms with Crippen molar-refractivity contribution in [2.75, 3.05) is 0 Å². The van der Waals surface area contributed by atoms with E-state index < -0.39 is 18.0 Å². The number of esters is 2. The number of rotatable bonds is 5. The number of carbonyl (C=O) groups is 3. The Balaban J connectivity index is 1.85. The molecule has 0 fully saturated rings. The van der Waals surface area contributed by atoms with Gasteiger partial charge in [-0.15, -0.1) is 0 Å². The summed E-state index contributed by atoms with van der Waals surface area (Å²) in [7, 11) is 1.86. The molecule has 7 nitrogen and oxygen atoms in total. The minimum absolute atomic E-state index is 0.135. The molecule has 1 aromatic heterocycles. The number of fused-ring (bicyclic) bond motifs is 1. The fraction of sp³-hybridized carbons (Fsp3) is 0.556. The SMILES string of the molecule is CC(=O)OC1CC2C(CC(OC(=O)/C=C/c3cn(C)cn3)C/C=C\C1=O)C(C)=CCC2C(C)C. The number of allylic oxidation sites excluding steroid dienone is 2. The molecule has 0 saturated carbocycles. The molecule has 2 aliphatic rings. The van der Waals surface area contributed by atoms with Crippen molar-refractivity contribution < 1.29 is 23.9 Å². The minimum Gasteiger partial charge on any atom is -0.459 e. The molecular formula is C27H36N2O5. The highest BCUT2D eigenvalue weighted by Gasteiger charge is 2.40. The lowest BCUT2D eigenvalue weighted by Gasteiger charge is -2.42. The van der Waals surface area contributed by atoms with Crippen LogP contribution in [0.3, 0.4) is 0 Å². The lowest BCUT2D eigenvalue weighted by Crippen LogP contribution is -2.39. The summed E-state index contributed by atoms with van der Waals surface area (Å²) in [4.78, 5) is 41.4. The van der Waals surface area contributed by atoms with Gasteiger partial charge in [-0.3, -0.25) is 9.59 Å². The van der Waals surface area contributed by atoms with E-state index >= 15 is 0 Å². The van der Waals surface area contributed by atoms with Gasteiger partial charge in [0.1, 0.15) is 6.10 Å². The largest absolute Gasteiger partial charge is 0.459 e. The number of hydrogen-bond donors (Lipinski definition) is 0. The zero-order valence-electron chi connectivity index (χ0n) is 20.8. The number of imidazole rings is 1. The smallest absolute Gasteiger partial charge is 0.331 e. The number of aromatic nitrogens is 2. The molecule has 0 bridgehead atoms. The second-order valence-electron chi connectivity index (χ2n) is 9.83. The van der Waals surface area contributed by atoms with Crippen LogP contribution in [0.1, 0.15) is 59.1 Å². The van der Waals surface area contributed by atoms with Gasteiger partial charge in [0, 0.05) is 32.7 Å². The first-order valence-corrected chi connectivity index (χ1v) is 12.0. The lowest BCUT2D eigenvalue weighted by atomic mass is 9.64. The molecule has 1 aromatic rings. The highest BCUT2D eigenvalue weighted by molar-refractivity contribution is 5.94. The summed E-state index contributed by atoms with van der Waals surface area (Å²) in [5.41, 5.74) is 1.92. The molecule has 0 aliphatic heterocycles. The summed E-state index contributed by atoms with van der Waals surface area (Å²) in [6, 6.07) is 0. The van der Waals surface area contributed by atoms with Crippen LogP contribution in [0, 0.1) is 23.7 Å². The molecule has 2 aliphatic carbocycles. The Labute approximate surface area is 201 Å². The van der Waals surface area contributed by atoms with Crippen molar-refractivity contribution >= 4 is 23.8 Å². The van der Waals surface area contributed by atoms with Gasteiger partial charge in [-0.2, -0.15) is 0 Å². The van der Waals surface area contributed by atoms with Gasteiger partial charge in [-0.1, -0.05) is 31.6 Å². The Bertz CT molecular complexity index is 987. The first-order valence-electron chi connectivity index (χ1n) is 12.0. The van der Waals surface area contributed by atoms with Crippen molar-refractivity contribution in [2.24, 2.45) is 30.7 Å². The maximum atomic E-state index is 12.9. The molecule has 5 unspecified atom stereocenters. The van der Waals surface area contributed by atoms with Crippen LogP contribution >= 0.6 is 0 Å². The van der Waals surface area contributed by atoms with Crippen LogP contribution in [-0.4, -0.2) is 39.5 Å². The standard InChI is InChI=1S/C27H36N2O5/c1-17(2)22-11-9-18(3)23-13-21(34-27(32)12-10-20-15-29(5)16-28-20)7-6-8-25(31)26(14-24(22)23)33-19(4)30/h6,8-10,12,15-17,21-24,26H,7,11,13-14H2,1-5H3/b8-6-,12-10+. The van der Waals surface area contributed by atoms with Gasteiger partial charge in [0.05, 0.1) is 12.0 Å². The van der Waals surface area contributed by atoms with Gasteiger partial charge in [0.15, 0.2) is 11.9 Å². The van der Waals surface area contributed by atoms with Gasteiger partial charge in [-0.05, 0) is 62.0 Å². The van der Waals surface area contributed by atoms with Crippen LogP contribution < -0.4 is 0 Å². The fourth-order valence-electron chi connectivity index (χ4n) is 5.22. The number of carbonyl (C=O) groups excluding carboxylic acids is 3. The number of nitrogens with zero attached hydrogens (tertiary/aromatic N) is 2. The van der Waals surface area contributed by atoms with Gasteiger partial charge in [0.2, 0.25) is 0 Å². The van der Waals surface area contributed by atoms with E-state index in [0.29, 0.717) is 36.8 Å². The third-order valence-corrected chi connectivity index (χ3v) is 6.93. The van der Waals surface area contributed by atoms with Crippen LogP contribution in [-0.2, 0) is 30.9 Å². The van der Waals surface area contributed by atoms with Crippen LogP contribution in [0.25, 0.3) is 6.08 Å².